The number of methoxy groups -OCH3 is 1. The number of nitrogens with one attached hydrogen (secondary N) is 1. The van der Waals surface area contributed by atoms with E-state index in [1.165, 1.54) is 0 Å². The third-order valence-corrected chi connectivity index (χ3v) is 3.59. The molecule has 0 saturated carbocycles. The molecule has 0 saturated heterocycles. The number of carbonyl (C=O) groups excluding carboxylic acids is 1. The first-order valence-electron chi connectivity index (χ1n) is 7.92. The van der Waals surface area contributed by atoms with E-state index >= 15 is 0 Å². The third-order valence-electron chi connectivity index (χ3n) is 3.59. The van der Waals surface area contributed by atoms with Crippen LogP contribution in [0.25, 0.3) is 17.1 Å². The number of hydrogen-bond acceptors (Lipinski definition) is 6. The van der Waals surface area contributed by atoms with Gasteiger partial charge in [0.25, 0.3) is 0 Å². The fourth-order valence-corrected chi connectivity index (χ4v) is 2.31. The zero-order chi connectivity index (χ0) is 17.6. The van der Waals surface area contributed by atoms with Crippen LogP contribution in [0.2, 0.25) is 0 Å². The molecule has 3 rings (SSSR count). The predicted molar refractivity (Wildman–Crippen MR) is 90.4 cm³/mol. The van der Waals surface area contributed by atoms with E-state index in [0.717, 1.165) is 11.4 Å². The van der Waals surface area contributed by atoms with Crippen molar-refractivity contribution in [1.29, 1.82) is 0 Å². The first-order chi connectivity index (χ1) is 12.2. The molecule has 8 heteroatoms. The van der Waals surface area contributed by atoms with Crippen molar-refractivity contribution in [1.82, 2.24) is 25.2 Å². The highest BCUT2D eigenvalue weighted by atomic mass is 16.5. The molecular weight excluding hydrogens is 322 g/mol. The second-order valence-electron chi connectivity index (χ2n) is 5.43. The van der Waals surface area contributed by atoms with Crippen molar-refractivity contribution in [3.8, 4) is 17.1 Å². The summed E-state index contributed by atoms with van der Waals surface area (Å²) in [4.78, 5) is 16.2. The Labute approximate surface area is 144 Å². The molecule has 130 valence electrons. The summed E-state index contributed by atoms with van der Waals surface area (Å²) in [5.74, 6) is -0.135. The van der Waals surface area contributed by atoms with Crippen molar-refractivity contribution in [2.45, 2.75) is 13.3 Å². The number of hydrogen-bond donors (Lipinski definition) is 1. The lowest BCUT2D eigenvalue weighted by molar-refractivity contribution is 0.0905. The van der Waals surface area contributed by atoms with Crippen molar-refractivity contribution in [3.63, 3.8) is 0 Å². The van der Waals surface area contributed by atoms with Gasteiger partial charge in [-0.1, -0.05) is 23.4 Å². The largest absolute Gasteiger partial charge is 0.385 e. The van der Waals surface area contributed by atoms with Crippen LogP contribution in [0.5, 0.6) is 0 Å². The van der Waals surface area contributed by atoms with E-state index in [1.54, 1.807) is 11.8 Å². The number of nitrogens with zero attached hydrogens (tertiary/aromatic N) is 4. The molecule has 2 aromatic heterocycles. The molecule has 2 heterocycles. The van der Waals surface area contributed by atoms with Crippen LogP contribution in [0, 0.1) is 6.92 Å². The molecule has 0 unspecified atom stereocenters. The number of para-hydroxylation sites is 1. The molecule has 0 aliphatic rings. The van der Waals surface area contributed by atoms with Crippen LogP contribution in [-0.2, 0) is 4.74 Å². The highest BCUT2D eigenvalue weighted by molar-refractivity contribution is 5.89. The van der Waals surface area contributed by atoms with Gasteiger partial charge in [0.1, 0.15) is 0 Å². The molecule has 1 amide bonds. The Bertz CT molecular complexity index is 841. The Hall–Kier alpha value is -3.00. The van der Waals surface area contributed by atoms with E-state index in [1.807, 2.05) is 43.5 Å². The van der Waals surface area contributed by atoms with Crippen LogP contribution in [0.3, 0.4) is 0 Å². The SMILES string of the molecule is COCCCNC(=O)c1nc(-c2cn(-c3ccccc3)nc2C)no1. The normalized spacial score (nSPS) is 10.8. The van der Waals surface area contributed by atoms with Crippen LogP contribution in [0.4, 0.5) is 0 Å². The predicted octanol–water partition coefficient (Wildman–Crippen LogP) is 2.00. The summed E-state index contributed by atoms with van der Waals surface area (Å²) >= 11 is 0. The standard InChI is InChI=1S/C17H19N5O3/c1-12-14(11-22(20-12)13-7-4-3-5-8-13)15-19-17(25-21-15)16(23)18-9-6-10-24-2/h3-5,7-8,11H,6,9-10H2,1-2H3,(H,18,23). The van der Waals surface area contributed by atoms with Crippen LogP contribution in [0.1, 0.15) is 22.8 Å². The lowest BCUT2D eigenvalue weighted by atomic mass is 10.2. The highest BCUT2D eigenvalue weighted by Gasteiger charge is 2.18. The van der Waals surface area contributed by atoms with Crippen LogP contribution < -0.4 is 5.32 Å². The molecule has 0 atom stereocenters. The van der Waals surface area contributed by atoms with Gasteiger partial charge in [0.05, 0.1) is 16.9 Å². The average Bonchev–Trinajstić information content (AvgIpc) is 3.26. The molecule has 0 aliphatic carbocycles. The van der Waals surface area contributed by atoms with Gasteiger partial charge in [0, 0.05) is 26.5 Å². The number of carbonyl (C=O) groups is 1. The second kappa shape index (κ2) is 7.71. The molecule has 25 heavy (non-hydrogen) atoms. The molecule has 0 fully saturated rings. The minimum absolute atomic E-state index is 0.0701. The Morgan fingerprint density at radius 3 is 2.88 bits per heavy atom. The number of rotatable bonds is 7. The van der Waals surface area contributed by atoms with Gasteiger partial charge in [-0.25, -0.2) is 4.68 Å². The zero-order valence-electron chi connectivity index (χ0n) is 14.1. The molecule has 0 spiro atoms. The molecule has 8 nitrogen and oxygen atoms in total. The molecule has 1 N–H and O–H groups in total. The monoisotopic (exact) mass is 341 g/mol. The summed E-state index contributed by atoms with van der Waals surface area (Å²) in [7, 11) is 1.62. The van der Waals surface area contributed by atoms with E-state index in [9.17, 15) is 4.79 Å². The maximum atomic E-state index is 12.0. The molecule has 1 aromatic carbocycles. The van der Waals surface area contributed by atoms with Crippen molar-refractivity contribution in [3.05, 3.63) is 48.1 Å². The van der Waals surface area contributed by atoms with Crippen LogP contribution in [0.15, 0.2) is 41.1 Å². The zero-order valence-corrected chi connectivity index (χ0v) is 14.1. The van der Waals surface area contributed by atoms with Gasteiger partial charge in [0.15, 0.2) is 0 Å². The van der Waals surface area contributed by atoms with Crippen molar-refractivity contribution in [2.24, 2.45) is 0 Å². The van der Waals surface area contributed by atoms with Crippen molar-refractivity contribution in [2.75, 3.05) is 20.3 Å². The number of amides is 1. The summed E-state index contributed by atoms with van der Waals surface area (Å²) in [6, 6.07) is 9.72. The summed E-state index contributed by atoms with van der Waals surface area (Å²) in [5.41, 5.74) is 2.39. The van der Waals surface area contributed by atoms with Gasteiger partial charge in [-0.2, -0.15) is 10.1 Å². The molecule has 0 radical (unpaired) electrons. The molecular formula is C17H19N5O3. The number of aromatic nitrogens is 4. The van der Waals surface area contributed by atoms with Crippen molar-refractivity contribution < 1.29 is 14.1 Å². The van der Waals surface area contributed by atoms with Gasteiger partial charge < -0.3 is 14.6 Å². The van der Waals surface area contributed by atoms with Gasteiger partial charge >= 0.3 is 11.8 Å². The Morgan fingerprint density at radius 2 is 2.12 bits per heavy atom. The Kier molecular flexibility index (Phi) is 5.20. The van der Waals surface area contributed by atoms with Crippen molar-refractivity contribution >= 4 is 5.91 Å². The topological polar surface area (TPSA) is 95.1 Å². The van der Waals surface area contributed by atoms with E-state index in [4.69, 9.17) is 9.26 Å². The number of aryl methyl sites for hydroxylation is 1. The third kappa shape index (κ3) is 3.92. The minimum atomic E-state index is -0.400. The van der Waals surface area contributed by atoms with Gasteiger partial charge in [-0.05, 0) is 25.5 Å². The van der Waals surface area contributed by atoms with Gasteiger partial charge in [-0.3, -0.25) is 4.79 Å². The van der Waals surface area contributed by atoms with Crippen LogP contribution >= 0.6 is 0 Å². The number of ether oxygens (including phenoxy) is 1. The van der Waals surface area contributed by atoms with Gasteiger partial charge in [-0.15, -0.1) is 0 Å². The van der Waals surface area contributed by atoms with Crippen LogP contribution in [-0.4, -0.2) is 46.1 Å². The van der Waals surface area contributed by atoms with E-state index in [2.05, 4.69) is 20.6 Å². The highest BCUT2D eigenvalue weighted by Crippen LogP contribution is 2.21. The Balaban J connectivity index is 1.74. The second-order valence-corrected chi connectivity index (χ2v) is 5.43. The van der Waals surface area contributed by atoms with Gasteiger partial charge in [0.2, 0.25) is 5.82 Å². The fourth-order valence-electron chi connectivity index (χ4n) is 2.31. The summed E-state index contributed by atoms with van der Waals surface area (Å²) in [6.45, 7) is 2.91. The first-order valence-corrected chi connectivity index (χ1v) is 7.92. The number of benzene rings is 1. The summed E-state index contributed by atoms with van der Waals surface area (Å²) in [6.07, 6.45) is 2.53. The molecule has 0 aliphatic heterocycles. The smallest absolute Gasteiger partial charge is 0.316 e. The molecule has 0 bridgehead atoms. The average molecular weight is 341 g/mol. The molecule has 3 aromatic rings. The lowest BCUT2D eigenvalue weighted by Crippen LogP contribution is -2.25. The summed E-state index contributed by atoms with van der Waals surface area (Å²) < 4.78 is 11.7. The van der Waals surface area contributed by atoms with E-state index in [-0.39, 0.29) is 5.89 Å². The maximum Gasteiger partial charge on any atom is 0.316 e. The van der Waals surface area contributed by atoms with E-state index < -0.39 is 5.91 Å². The maximum absolute atomic E-state index is 12.0. The summed E-state index contributed by atoms with van der Waals surface area (Å²) in [5, 5.41) is 11.1. The minimum Gasteiger partial charge on any atom is -0.385 e. The first kappa shape index (κ1) is 16.8. The Morgan fingerprint density at radius 1 is 1.32 bits per heavy atom. The van der Waals surface area contributed by atoms with E-state index in [0.29, 0.717) is 31.0 Å². The fraction of sp³-hybridized carbons (Fsp3) is 0.294. The lowest BCUT2D eigenvalue weighted by Gasteiger charge is -2.00. The quantitative estimate of drug-likeness (QED) is 0.661.